The number of halogens is 1. The highest BCUT2D eigenvalue weighted by Crippen LogP contribution is 2.20. The minimum Gasteiger partial charge on any atom is -0.497 e. The van der Waals surface area contributed by atoms with Crippen LogP contribution in [0.5, 0.6) is 5.75 Å². The maximum atomic E-state index is 12.5. The molecular formula is C16H17BrN2O2. The minimum atomic E-state index is -0.0967. The third-order valence-corrected chi connectivity index (χ3v) is 3.56. The Morgan fingerprint density at radius 2 is 2.05 bits per heavy atom. The molecule has 0 aliphatic rings. The molecule has 0 aliphatic heterocycles. The van der Waals surface area contributed by atoms with Crippen molar-refractivity contribution in [2.75, 3.05) is 19.9 Å². The summed E-state index contributed by atoms with van der Waals surface area (Å²) in [6, 6.07) is 12.9. The normalized spacial score (nSPS) is 10.2. The molecule has 2 aromatic rings. The summed E-state index contributed by atoms with van der Waals surface area (Å²) < 4.78 is 6.13. The van der Waals surface area contributed by atoms with Crippen molar-refractivity contribution in [3.8, 4) is 5.75 Å². The number of nitrogens with two attached hydrogens (primary N) is 1. The van der Waals surface area contributed by atoms with E-state index in [-0.39, 0.29) is 5.91 Å². The molecule has 0 aromatic heterocycles. The quantitative estimate of drug-likeness (QED) is 0.862. The van der Waals surface area contributed by atoms with Gasteiger partial charge >= 0.3 is 0 Å². The number of methoxy groups -OCH3 is 1. The molecule has 0 spiro atoms. The average Bonchev–Trinajstić information content (AvgIpc) is 2.45. The summed E-state index contributed by atoms with van der Waals surface area (Å²) in [5.41, 5.74) is 7.87. The summed E-state index contributed by atoms with van der Waals surface area (Å²) in [5.74, 6) is 0.481. The van der Waals surface area contributed by atoms with E-state index in [1.165, 1.54) is 0 Å². The molecule has 0 radical (unpaired) electrons. The maximum absolute atomic E-state index is 12.5. The van der Waals surface area contributed by atoms with Gasteiger partial charge in [0.1, 0.15) is 5.75 Å². The van der Waals surface area contributed by atoms with Gasteiger partial charge in [-0.3, -0.25) is 4.79 Å². The predicted octanol–water partition coefficient (Wildman–Crippen LogP) is 3.31. The van der Waals surface area contributed by atoms with Crippen LogP contribution in [0.25, 0.3) is 0 Å². The van der Waals surface area contributed by atoms with Crippen molar-refractivity contribution >= 4 is 27.5 Å². The topological polar surface area (TPSA) is 55.6 Å². The van der Waals surface area contributed by atoms with Gasteiger partial charge in [0.05, 0.1) is 7.11 Å². The van der Waals surface area contributed by atoms with Crippen molar-refractivity contribution in [1.29, 1.82) is 0 Å². The second-order valence-corrected chi connectivity index (χ2v) is 5.70. The van der Waals surface area contributed by atoms with Crippen LogP contribution in [0.4, 0.5) is 5.69 Å². The number of carbonyl (C=O) groups is 1. The number of hydrogen-bond acceptors (Lipinski definition) is 3. The lowest BCUT2D eigenvalue weighted by molar-refractivity contribution is 0.0785. The Labute approximate surface area is 132 Å². The highest BCUT2D eigenvalue weighted by molar-refractivity contribution is 9.10. The standard InChI is InChI=1S/C16H17BrN2O2/c1-19(10-11-4-3-5-13(17)6-11)16(20)12-7-14(18)9-15(8-12)21-2/h3-9H,10,18H2,1-2H3. The van der Waals surface area contributed by atoms with E-state index in [0.717, 1.165) is 10.0 Å². The van der Waals surface area contributed by atoms with Gasteiger partial charge in [0, 0.05) is 35.4 Å². The van der Waals surface area contributed by atoms with Crippen LogP contribution >= 0.6 is 15.9 Å². The van der Waals surface area contributed by atoms with Crippen LogP contribution in [0, 0.1) is 0 Å². The van der Waals surface area contributed by atoms with Gasteiger partial charge in [-0.1, -0.05) is 28.1 Å². The van der Waals surface area contributed by atoms with E-state index >= 15 is 0 Å². The summed E-state index contributed by atoms with van der Waals surface area (Å²) >= 11 is 3.43. The van der Waals surface area contributed by atoms with E-state index in [0.29, 0.717) is 23.5 Å². The Morgan fingerprint density at radius 3 is 2.71 bits per heavy atom. The van der Waals surface area contributed by atoms with Crippen LogP contribution in [0.2, 0.25) is 0 Å². The average molecular weight is 349 g/mol. The summed E-state index contributed by atoms with van der Waals surface area (Å²) in [6.45, 7) is 0.523. The van der Waals surface area contributed by atoms with Gasteiger partial charge in [0.15, 0.2) is 0 Å². The molecule has 1 amide bonds. The second-order valence-electron chi connectivity index (χ2n) is 4.79. The number of rotatable bonds is 4. The van der Waals surface area contributed by atoms with Gasteiger partial charge in [0.25, 0.3) is 5.91 Å². The summed E-state index contributed by atoms with van der Waals surface area (Å²) in [4.78, 5) is 14.1. The molecular weight excluding hydrogens is 332 g/mol. The van der Waals surface area contributed by atoms with Gasteiger partial charge in [-0.15, -0.1) is 0 Å². The summed E-state index contributed by atoms with van der Waals surface area (Å²) in [7, 11) is 3.31. The lowest BCUT2D eigenvalue weighted by Crippen LogP contribution is -2.26. The largest absolute Gasteiger partial charge is 0.497 e. The number of anilines is 1. The molecule has 110 valence electrons. The number of amides is 1. The molecule has 0 bridgehead atoms. The Bertz CT molecular complexity index is 658. The molecule has 2 rings (SSSR count). The zero-order chi connectivity index (χ0) is 15.4. The number of benzene rings is 2. The molecule has 2 aromatic carbocycles. The molecule has 0 unspecified atom stereocenters. The minimum absolute atomic E-state index is 0.0967. The van der Waals surface area contributed by atoms with Crippen molar-refractivity contribution in [2.45, 2.75) is 6.54 Å². The van der Waals surface area contributed by atoms with E-state index in [1.54, 1.807) is 37.3 Å². The van der Waals surface area contributed by atoms with Crippen LogP contribution in [0.1, 0.15) is 15.9 Å². The highest BCUT2D eigenvalue weighted by atomic mass is 79.9. The van der Waals surface area contributed by atoms with Crippen molar-refractivity contribution < 1.29 is 9.53 Å². The summed E-state index contributed by atoms with van der Waals surface area (Å²) in [6.07, 6.45) is 0. The number of hydrogen-bond donors (Lipinski definition) is 1. The first kappa shape index (κ1) is 15.4. The lowest BCUT2D eigenvalue weighted by Gasteiger charge is -2.18. The molecule has 0 saturated carbocycles. The van der Waals surface area contributed by atoms with Crippen molar-refractivity contribution in [1.82, 2.24) is 4.90 Å². The second kappa shape index (κ2) is 6.63. The van der Waals surface area contributed by atoms with Gasteiger partial charge in [0.2, 0.25) is 0 Å². The zero-order valence-electron chi connectivity index (χ0n) is 12.0. The van der Waals surface area contributed by atoms with E-state index in [1.807, 2.05) is 24.3 Å². The highest BCUT2D eigenvalue weighted by Gasteiger charge is 2.14. The third kappa shape index (κ3) is 3.98. The van der Waals surface area contributed by atoms with Gasteiger partial charge in [-0.05, 0) is 29.8 Å². The fourth-order valence-corrected chi connectivity index (χ4v) is 2.51. The first-order chi connectivity index (χ1) is 9.99. The predicted molar refractivity (Wildman–Crippen MR) is 87.3 cm³/mol. The number of carbonyl (C=O) groups excluding carboxylic acids is 1. The van der Waals surface area contributed by atoms with Gasteiger partial charge in [-0.2, -0.15) is 0 Å². The molecule has 0 fully saturated rings. The van der Waals surface area contributed by atoms with E-state index < -0.39 is 0 Å². The van der Waals surface area contributed by atoms with E-state index in [2.05, 4.69) is 15.9 Å². The van der Waals surface area contributed by atoms with Crippen LogP contribution in [0.3, 0.4) is 0 Å². The molecule has 0 saturated heterocycles. The summed E-state index contributed by atoms with van der Waals surface area (Å²) in [5, 5.41) is 0. The molecule has 0 heterocycles. The van der Waals surface area contributed by atoms with Crippen LogP contribution < -0.4 is 10.5 Å². The third-order valence-electron chi connectivity index (χ3n) is 3.07. The molecule has 5 heteroatoms. The van der Waals surface area contributed by atoms with Crippen molar-refractivity contribution in [3.63, 3.8) is 0 Å². The van der Waals surface area contributed by atoms with Crippen molar-refractivity contribution in [3.05, 3.63) is 58.1 Å². The first-order valence-corrected chi connectivity index (χ1v) is 7.23. The van der Waals surface area contributed by atoms with Gasteiger partial charge < -0.3 is 15.4 Å². The maximum Gasteiger partial charge on any atom is 0.254 e. The fraction of sp³-hybridized carbons (Fsp3) is 0.188. The smallest absolute Gasteiger partial charge is 0.254 e. The Morgan fingerprint density at radius 1 is 1.29 bits per heavy atom. The molecule has 21 heavy (non-hydrogen) atoms. The van der Waals surface area contributed by atoms with E-state index in [4.69, 9.17) is 10.5 Å². The van der Waals surface area contributed by atoms with Crippen LogP contribution in [-0.2, 0) is 6.54 Å². The number of nitrogens with zero attached hydrogens (tertiary/aromatic N) is 1. The Kier molecular flexibility index (Phi) is 4.85. The molecule has 2 N–H and O–H groups in total. The molecule has 4 nitrogen and oxygen atoms in total. The Hall–Kier alpha value is -2.01. The van der Waals surface area contributed by atoms with E-state index in [9.17, 15) is 4.79 Å². The fourth-order valence-electron chi connectivity index (χ4n) is 2.06. The monoisotopic (exact) mass is 348 g/mol. The lowest BCUT2D eigenvalue weighted by atomic mass is 10.1. The molecule has 0 atom stereocenters. The SMILES string of the molecule is COc1cc(N)cc(C(=O)N(C)Cc2cccc(Br)c2)c1. The number of ether oxygens (including phenoxy) is 1. The van der Waals surface area contributed by atoms with Crippen LogP contribution in [0.15, 0.2) is 46.9 Å². The van der Waals surface area contributed by atoms with Crippen LogP contribution in [-0.4, -0.2) is 25.0 Å². The Balaban J connectivity index is 2.17. The number of nitrogen functional groups attached to an aromatic ring is 1. The van der Waals surface area contributed by atoms with Gasteiger partial charge in [-0.25, -0.2) is 0 Å². The van der Waals surface area contributed by atoms with Crippen molar-refractivity contribution in [2.24, 2.45) is 0 Å². The molecule has 0 aliphatic carbocycles. The first-order valence-electron chi connectivity index (χ1n) is 6.44. The zero-order valence-corrected chi connectivity index (χ0v) is 13.6.